The fourth-order valence-corrected chi connectivity index (χ4v) is 3.01. The molecule has 16 heavy (non-hydrogen) atoms. The molecule has 0 aromatic heterocycles. The van der Waals surface area contributed by atoms with Crippen molar-refractivity contribution in [2.24, 2.45) is 5.92 Å². The third-order valence-corrected chi connectivity index (χ3v) is 4.02. The van der Waals surface area contributed by atoms with E-state index in [0.29, 0.717) is 12.0 Å². The van der Waals surface area contributed by atoms with E-state index in [1.54, 1.807) is 0 Å². The van der Waals surface area contributed by atoms with E-state index in [4.69, 9.17) is 0 Å². The molecule has 0 saturated carbocycles. The zero-order chi connectivity index (χ0) is 11.5. The second-order valence-electron chi connectivity index (χ2n) is 4.39. The van der Waals surface area contributed by atoms with Gasteiger partial charge in [0.1, 0.15) is 0 Å². The molecule has 2 N–H and O–H groups in total. The molecule has 0 spiro atoms. The maximum absolute atomic E-state index is 9.44. The minimum Gasteiger partial charge on any atom is -0.396 e. The molecule has 0 saturated heterocycles. The highest BCUT2D eigenvalue weighted by Crippen LogP contribution is 2.39. The third kappa shape index (κ3) is 2.17. The van der Waals surface area contributed by atoms with Crippen LogP contribution in [-0.4, -0.2) is 18.3 Å². The zero-order valence-electron chi connectivity index (χ0n) is 9.54. The molecule has 0 bridgehead atoms. The van der Waals surface area contributed by atoms with Crippen molar-refractivity contribution in [3.63, 3.8) is 0 Å². The number of aliphatic hydroxyl groups is 1. The molecule has 0 heterocycles. The molecule has 0 amide bonds. The highest BCUT2D eigenvalue weighted by Gasteiger charge is 2.32. The Bertz CT molecular complexity index is 367. The molecule has 2 rings (SSSR count). The van der Waals surface area contributed by atoms with Crippen LogP contribution in [-0.2, 0) is 6.42 Å². The van der Waals surface area contributed by atoms with Crippen molar-refractivity contribution in [1.29, 1.82) is 0 Å². The first-order valence-corrected chi connectivity index (χ1v) is 6.68. The first-order chi connectivity index (χ1) is 7.77. The van der Waals surface area contributed by atoms with Crippen molar-refractivity contribution in [2.45, 2.75) is 25.8 Å². The first kappa shape index (κ1) is 12.1. The van der Waals surface area contributed by atoms with E-state index < -0.39 is 0 Å². The van der Waals surface area contributed by atoms with Crippen molar-refractivity contribution in [3.8, 4) is 0 Å². The predicted molar refractivity (Wildman–Crippen MR) is 69.5 cm³/mol. The van der Waals surface area contributed by atoms with Crippen LogP contribution in [0.3, 0.4) is 0 Å². The average Bonchev–Trinajstić information content (AvgIpc) is 2.66. The lowest BCUT2D eigenvalue weighted by Gasteiger charge is -2.19. The van der Waals surface area contributed by atoms with Crippen LogP contribution in [0.15, 0.2) is 22.7 Å². The monoisotopic (exact) mass is 283 g/mol. The minimum atomic E-state index is 0.252. The van der Waals surface area contributed by atoms with Gasteiger partial charge in [-0.1, -0.05) is 35.0 Å². The van der Waals surface area contributed by atoms with Crippen molar-refractivity contribution < 1.29 is 5.11 Å². The highest BCUT2D eigenvalue weighted by molar-refractivity contribution is 9.10. The summed E-state index contributed by atoms with van der Waals surface area (Å²) in [4.78, 5) is 0. The summed E-state index contributed by atoms with van der Waals surface area (Å²) in [5.74, 6) is 0.320. The van der Waals surface area contributed by atoms with Crippen molar-refractivity contribution in [3.05, 3.63) is 33.8 Å². The van der Waals surface area contributed by atoms with Gasteiger partial charge in [-0.2, -0.15) is 0 Å². The van der Waals surface area contributed by atoms with Gasteiger partial charge in [-0.05, 0) is 36.6 Å². The van der Waals surface area contributed by atoms with Crippen molar-refractivity contribution in [2.75, 3.05) is 13.2 Å². The van der Waals surface area contributed by atoms with Gasteiger partial charge in [0.25, 0.3) is 0 Å². The summed E-state index contributed by atoms with van der Waals surface area (Å²) in [6, 6.07) is 6.64. The molecule has 0 radical (unpaired) electrons. The molecule has 0 aliphatic heterocycles. The minimum absolute atomic E-state index is 0.252. The van der Waals surface area contributed by atoms with Crippen molar-refractivity contribution >= 4 is 15.9 Å². The lowest BCUT2D eigenvalue weighted by Crippen LogP contribution is -2.27. The second-order valence-corrected chi connectivity index (χ2v) is 5.24. The number of nitrogens with one attached hydrogen (secondary N) is 1. The summed E-state index contributed by atoms with van der Waals surface area (Å²) >= 11 is 3.59. The maximum atomic E-state index is 9.44. The molecule has 1 aliphatic rings. The zero-order valence-corrected chi connectivity index (χ0v) is 11.1. The Hall–Kier alpha value is -0.380. The Morgan fingerprint density at radius 3 is 3.00 bits per heavy atom. The molecule has 1 aromatic rings. The normalized spacial score (nSPS) is 23.4. The number of hydrogen-bond acceptors (Lipinski definition) is 2. The summed E-state index contributed by atoms with van der Waals surface area (Å²) in [5.41, 5.74) is 2.71. The van der Waals surface area contributed by atoms with Crippen LogP contribution in [0.5, 0.6) is 0 Å². The molecule has 1 aliphatic carbocycles. The number of benzene rings is 1. The average molecular weight is 284 g/mol. The van der Waals surface area contributed by atoms with E-state index in [2.05, 4.69) is 46.4 Å². The van der Waals surface area contributed by atoms with Gasteiger partial charge in [-0.15, -0.1) is 0 Å². The van der Waals surface area contributed by atoms with Crippen LogP contribution in [0, 0.1) is 5.92 Å². The molecule has 3 heteroatoms. The molecule has 2 atom stereocenters. The van der Waals surface area contributed by atoms with Crippen LogP contribution in [0.4, 0.5) is 0 Å². The quantitative estimate of drug-likeness (QED) is 0.891. The fraction of sp³-hybridized carbons (Fsp3) is 0.538. The van der Waals surface area contributed by atoms with Gasteiger partial charge in [0.05, 0.1) is 0 Å². The summed E-state index contributed by atoms with van der Waals surface area (Å²) in [6.45, 7) is 3.42. The highest BCUT2D eigenvalue weighted by atomic mass is 79.9. The van der Waals surface area contributed by atoms with Gasteiger partial charge in [0.2, 0.25) is 0 Å². The Balaban J connectivity index is 2.26. The Morgan fingerprint density at radius 2 is 2.31 bits per heavy atom. The summed E-state index contributed by atoms with van der Waals surface area (Å²) in [6.07, 6.45) is 2.09. The lowest BCUT2D eigenvalue weighted by atomic mass is 10.0. The van der Waals surface area contributed by atoms with Crippen LogP contribution in [0.1, 0.15) is 30.5 Å². The molecule has 1 aromatic carbocycles. The van der Waals surface area contributed by atoms with Crippen LogP contribution in [0.25, 0.3) is 0 Å². The van der Waals surface area contributed by atoms with Gasteiger partial charge < -0.3 is 10.4 Å². The number of hydrogen-bond donors (Lipinski definition) is 2. The Kier molecular flexibility index (Phi) is 4.00. The third-order valence-electron chi connectivity index (χ3n) is 3.28. The van der Waals surface area contributed by atoms with Gasteiger partial charge in [-0.25, -0.2) is 0 Å². The fourth-order valence-electron chi connectivity index (χ4n) is 2.46. The van der Waals surface area contributed by atoms with E-state index in [9.17, 15) is 5.11 Å². The van der Waals surface area contributed by atoms with Crippen molar-refractivity contribution in [1.82, 2.24) is 5.32 Å². The molecule has 2 unspecified atom stereocenters. The van der Waals surface area contributed by atoms with Gasteiger partial charge in [0.15, 0.2) is 0 Å². The summed E-state index contributed by atoms with van der Waals surface area (Å²) in [5, 5.41) is 13.0. The number of rotatable bonds is 4. The largest absolute Gasteiger partial charge is 0.396 e. The molecule has 0 fully saturated rings. The SMILES string of the molecule is CCCNC1c2cccc(Br)c2CC1CO. The topological polar surface area (TPSA) is 32.3 Å². The predicted octanol–water partition coefficient (Wildman–Crippen LogP) is 2.65. The Morgan fingerprint density at radius 1 is 1.50 bits per heavy atom. The number of fused-ring (bicyclic) bond motifs is 1. The van der Waals surface area contributed by atoms with E-state index in [-0.39, 0.29) is 6.61 Å². The van der Waals surface area contributed by atoms with E-state index in [1.807, 2.05) is 0 Å². The molecule has 2 nitrogen and oxygen atoms in total. The molecular formula is C13H18BrNO. The summed E-state index contributed by atoms with van der Waals surface area (Å²) in [7, 11) is 0. The van der Waals surface area contributed by atoms with E-state index in [0.717, 1.165) is 19.4 Å². The second kappa shape index (κ2) is 5.30. The smallest absolute Gasteiger partial charge is 0.0480 e. The summed E-state index contributed by atoms with van der Waals surface area (Å²) < 4.78 is 1.17. The Labute approximate surface area is 105 Å². The first-order valence-electron chi connectivity index (χ1n) is 5.89. The lowest BCUT2D eigenvalue weighted by molar-refractivity contribution is 0.200. The number of halogens is 1. The van der Waals surface area contributed by atoms with E-state index in [1.165, 1.54) is 15.6 Å². The van der Waals surface area contributed by atoms with Crippen LogP contribution < -0.4 is 5.32 Å². The number of aliphatic hydroxyl groups excluding tert-OH is 1. The molecular weight excluding hydrogens is 266 g/mol. The van der Waals surface area contributed by atoms with Gasteiger partial charge in [-0.3, -0.25) is 0 Å². The van der Waals surface area contributed by atoms with Gasteiger partial charge >= 0.3 is 0 Å². The molecule has 88 valence electrons. The maximum Gasteiger partial charge on any atom is 0.0480 e. The van der Waals surface area contributed by atoms with Gasteiger partial charge in [0, 0.05) is 23.0 Å². The van der Waals surface area contributed by atoms with E-state index >= 15 is 0 Å². The standard InChI is InChI=1S/C13H18BrNO/c1-2-6-15-13-9(8-16)7-11-10(13)4-3-5-12(11)14/h3-5,9,13,15-16H,2,6-8H2,1H3. The van der Waals surface area contributed by atoms with Crippen LogP contribution >= 0.6 is 15.9 Å². The van der Waals surface area contributed by atoms with Crippen LogP contribution in [0.2, 0.25) is 0 Å².